The second kappa shape index (κ2) is 20.8. The Morgan fingerprint density at radius 2 is 1.39 bits per heavy atom. The van der Waals surface area contributed by atoms with Crippen molar-refractivity contribution in [3.05, 3.63) is 83.6 Å². The maximum absolute atomic E-state index is 12.6. The van der Waals surface area contributed by atoms with Crippen molar-refractivity contribution in [2.75, 3.05) is 42.6 Å². The second-order valence-electron chi connectivity index (χ2n) is 16.2. The molecule has 0 bridgehead atoms. The Bertz CT molecular complexity index is 2550. The molecule has 2 heterocycles. The SMILES string of the molecule is CC1(C)C(C=CC=CC=C2N(CCCS(=O)(=O)[O-])c3ccc(S(=O)(=O)O)cc3C2(C)CCCCC(=O)NCCCCCCN)=[N+](CCCS(=O)(=O)[O-])c2ccc(S(=O)(=O)O)cc21. The summed E-state index contributed by atoms with van der Waals surface area (Å²) in [6.45, 7) is 6.89. The van der Waals surface area contributed by atoms with Crippen molar-refractivity contribution in [1.29, 1.82) is 0 Å². The molecule has 1 unspecified atom stereocenters. The minimum absolute atomic E-state index is 0.0249. The van der Waals surface area contributed by atoms with Crippen molar-refractivity contribution in [3.63, 3.8) is 0 Å². The lowest BCUT2D eigenvalue weighted by Gasteiger charge is -2.30. The molecule has 1 atom stereocenters. The Morgan fingerprint density at radius 1 is 0.774 bits per heavy atom. The number of nitrogens with two attached hydrogens (primary N) is 1. The zero-order chi connectivity index (χ0) is 46.1. The number of anilines is 1. The molecule has 2 aliphatic heterocycles. The van der Waals surface area contributed by atoms with E-state index in [-0.39, 0.29) is 48.1 Å². The van der Waals surface area contributed by atoms with Gasteiger partial charge in [-0.15, -0.1) is 0 Å². The maximum Gasteiger partial charge on any atom is 0.294 e. The lowest BCUT2D eigenvalue weighted by atomic mass is 9.77. The Hall–Kier alpha value is -3.80. The number of benzene rings is 2. The summed E-state index contributed by atoms with van der Waals surface area (Å²) in [5, 5.41) is 2.94. The molecule has 1 amide bonds. The van der Waals surface area contributed by atoms with Gasteiger partial charge in [0.15, 0.2) is 5.71 Å². The lowest BCUT2D eigenvalue weighted by Crippen LogP contribution is -2.30. The van der Waals surface area contributed by atoms with Crippen molar-refractivity contribution < 1.29 is 61.3 Å². The van der Waals surface area contributed by atoms with E-state index in [1.807, 2.05) is 25.7 Å². The van der Waals surface area contributed by atoms with Crippen LogP contribution in [0.4, 0.5) is 11.4 Å². The smallest absolute Gasteiger partial charge is 0.294 e. The van der Waals surface area contributed by atoms with E-state index in [0.717, 1.165) is 25.7 Å². The van der Waals surface area contributed by atoms with Crippen LogP contribution in [-0.4, -0.2) is 106 Å². The van der Waals surface area contributed by atoms with Crippen LogP contribution >= 0.6 is 0 Å². The molecule has 0 aliphatic carbocycles. The van der Waals surface area contributed by atoms with Crippen LogP contribution in [0.3, 0.4) is 0 Å². The van der Waals surface area contributed by atoms with Crippen LogP contribution in [0.25, 0.3) is 0 Å². The molecule has 344 valence electrons. The number of nitrogens with one attached hydrogen (secondary N) is 1. The molecule has 0 fully saturated rings. The van der Waals surface area contributed by atoms with Gasteiger partial charge in [0.05, 0.1) is 35.4 Å². The molecule has 0 saturated heterocycles. The highest BCUT2D eigenvalue weighted by molar-refractivity contribution is 7.86. The van der Waals surface area contributed by atoms with Gasteiger partial charge < -0.3 is 25.1 Å². The van der Waals surface area contributed by atoms with Crippen LogP contribution in [0, 0.1) is 0 Å². The fraction of sp³-hybridized carbons (Fsp3) is 0.512. The van der Waals surface area contributed by atoms with E-state index in [1.54, 1.807) is 35.0 Å². The molecule has 4 rings (SSSR count). The third kappa shape index (κ3) is 13.6. The molecule has 0 spiro atoms. The predicted octanol–water partition coefficient (Wildman–Crippen LogP) is 4.40. The van der Waals surface area contributed by atoms with Crippen LogP contribution in [0.1, 0.15) is 96.1 Å². The standard InChI is InChI=1S/C41H58N4O13S4/c1-40(2)33-29-31(61(53,54)55)18-20-35(33)44(25-13-27-59(47,48)49)37(40)15-7-6-8-16-38-41(3,22-10-9-17-39(46)43-24-12-5-4-11-23-42)34-30-32(62(56,57)58)19-21-36(34)45(38)26-14-28-60(50,51)52/h6-8,15-16,18-21,29-30H,4-5,9-14,17,22-28,42H2,1-3H3,(H4-,43,46,47,48,49,50,51,52,53,54,55,56,57,58)/p-1. The topological polar surface area (TPSA) is 285 Å². The summed E-state index contributed by atoms with van der Waals surface area (Å²) in [5.74, 6) is -1.37. The summed E-state index contributed by atoms with van der Waals surface area (Å²) in [6.07, 6.45) is 14.0. The average Bonchev–Trinajstić information content (AvgIpc) is 3.51. The number of unbranched alkanes of at least 4 members (excludes halogenated alkanes) is 4. The molecule has 2 aromatic rings. The number of nitrogens with zero attached hydrogens (tertiary/aromatic N) is 2. The number of fused-ring (bicyclic) bond motifs is 2. The van der Waals surface area contributed by atoms with E-state index in [4.69, 9.17) is 5.73 Å². The number of allylic oxidation sites excluding steroid dienone is 6. The van der Waals surface area contributed by atoms with Crippen molar-refractivity contribution in [2.45, 2.75) is 106 Å². The molecule has 2 aromatic carbocycles. The van der Waals surface area contributed by atoms with Crippen LogP contribution in [-0.2, 0) is 56.1 Å². The van der Waals surface area contributed by atoms with Gasteiger partial charge in [0.25, 0.3) is 20.2 Å². The summed E-state index contributed by atoms with van der Waals surface area (Å²) in [7, 11) is -18.3. The molecule has 5 N–H and O–H groups in total. The van der Waals surface area contributed by atoms with E-state index in [0.29, 0.717) is 66.3 Å². The highest BCUT2D eigenvalue weighted by Gasteiger charge is 2.45. The van der Waals surface area contributed by atoms with Crippen molar-refractivity contribution in [2.24, 2.45) is 5.73 Å². The summed E-state index contributed by atoms with van der Waals surface area (Å²) < 4.78 is 139. The Labute approximate surface area is 365 Å². The number of rotatable bonds is 24. The van der Waals surface area contributed by atoms with E-state index >= 15 is 0 Å². The molecular weight excluding hydrogens is 885 g/mol. The first-order chi connectivity index (χ1) is 28.8. The molecule has 2 aliphatic rings. The van der Waals surface area contributed by atoms with Gasteiger partial charge >= 0.3 is 0 Å². The fourth-order valence-electron chi connectivity index (χ4n) is 8.11. The molecular formula is C41H57N4O13S4-. The number of hydrogen-bond donors (Lipinski definition) is 4. The van der Waals surface area contributed by atoms with Gasteiger partial charge in [-0.25, -0.2) is 16.8 Å². The summed E-state index contributed by atoms with van der Waals surface area (Å²) in [4.78, 5) is 13.8. The summed E-state index contributed by atoms with van der Waals surface area (Å²) in [5.41, 5.74) is 7.22. The minimum Gasteiger partial charge on any atom is -0.748 e. The van der Waals surface area contributed by atoms with Gasteiger partial charge in [0.1, 0.15) is 6.54 Å². The zero-order valence-electron chi connectivity index (χ0n) is 35.2. The van der Waals surface area contributed by atoms with Crippen molar-refractivity contribution in [1.82, 2.24) is 5.32 Å². The Kier molecular flexibility index (Phi) is 17.1. The number of carbonyl (C=O) groups is 1. The second-order valence-corrected chi connectivity index (χ2v) is 22.1. The van der Waals surface area contributed by atoms with Crippen LogP contribution in [0.5, 0.6) is 0 Å². The Balaban J connectivity index is 1.70. The highest BCUT2D eigenvalue weighted by atomic mass is 32.2. The highest BCUT2D eigenvalue weighted by Crippen LogP contribution is 2.51. The van der Waals surface area contributed by atoms with Crippen molar-refractivity contribution in [3.8, 4) is 0 Å². The number of amides is 1. The van der Waals surface area contributed by atoms with Crippen LogP contribution in [0.2, 0.25) is 0 Å². The third-order valence-electron chi connectivity index (χ3n) is 11.2. The molecule has 0 saturated carbocycles. The van der Waals surface area contributed by atoms with Crippen molar-refractivity contribution >= 4 is 63.5 Å². The predicted molar refractivity (Wildman–Crippen MR) is 234 cm³/mol. The monoisotopic (exact) mass is 941 g/mol. The molecule has 0 aromatic heterocycles. The van der Waals surface area contributed by atoms with E-state index in [1.165, 1.54) is 36.4 Å². The van der Waals surface area contributed by atoms with Crippen LogP contribution < -0.4 is 16.0 Å². The normalized spacial score (nSPS) is 18.6. The molecule has 21 heteroatoms. The van der Waals surface area contributed by atoms with Gasteiger partial charge in [-0.3, -0.25) is 13.9 Å². The van der Waals surface area contributed by atoms with Gasteiger partial charge in [-0.1, -0.05) is 37.5 Å². The zero-order valence-corrected chi connectivity index (χ0v) is 38.4. The first kappa shape index (κ1) is 50.8. The summed E-state index contributed by atoms with van der Waals surface area (Å²) in [6, 6.07) is 8.22. The average molecular weight is 942 g/mol. The van der Waals surface area contributed by atoms with Gasteiger partial charge in [0.2, 0.25) is 11.6 Å². The minimum atomic E-state index is -4.62. The first-order valence-corrected chi connectivity index (χ1v) is 26.4. The Morgan fingerprint density at radius 3 is 2.02 bits per heavy atom. The summed E-state index contributed by atoms with van der Waals surface area (Å²) >= 11 is 0. The molecule has 17 nitrogen and oxygen atoms in total. The van der Waals surface area contributed by atoms with Gasteiger partial charge in [-0.05, 0) is 101 Å². The van der Waals surface area contributed by atoms with Crippen LogP contribution in [0.15, 0.2) is 82.3 Å². The molecule has 0 radical (unpaired) electrons. The van der Waals surface area contributed by atoms with E-state index in [9.17, 15) is 56.7 Å². The largest absolute Gasteiger partial charge is 0.748 e. The quantitative estimate of drug-likeness (QED) is 0.0491. The van der Waals surface area contributed by atoms with Gasteiger partial charge in [-0.2, -0.15) is 21.4 Å². The van der Waals surface area contributed by atoms with Gasteiger partial charge in [0, 0.05) is 71.9 Å². The number of carbonyl (C=O) groups excluding carboxylic acids is 1. The molecule has 62 heavy (non-hydrogen) atoms. The van der Waals surface area contributed by atoms with E-state index < -0.39 is 62.8 Å². The first-order valence-electron chi connectivity index (χ1n) is 20.4. The van der Waals surface area contributed by atoms with E-state index in [2.05, 4.69) is 5.32 Å². The fourth-order valence-corrected chi connectivity index (χ4v) is 10.1. The number of hydrogen-bond acceptors (Lipinski definition) is 13. The maximum atomic E-state index is 12.6. The third-order valence-corrected chi connectivity index (χ3v) is 14.5. The lowest BCUT2D eigenvalue weighted by molar-refractivity contribution is -0.437.